The molecule has 3 saturated carbocycles. The number of hydrogen-bond acceptors (Lipinski definition) is 5. The van der Waals surface area contributed by atoms with E-state index in [2.05, 4.69) is 13.8 Å². The highest BCUT2D eigenvalue weighted by Crippen LogP contribution is 2.76. The van der Waals surface area contributed by atoms with Gasteiger partial charge in [-0.15, -0.1) is 11.6 Å². The number of halogens is 1. The molecule has 29 heavy (non-hydrogen) atoms. The third-order valence-electron chi connectivity index (χ3n) is 9.34. The Balaban J connectivity index is 1.57. The normalized spacial score (nSPS) is 49.9. The van der Waals surface area contributed by atoms with Crippen LogP contribution in [0.3, 0.4) is 0 Å². The maximum atomic E-state index is 13.0. The minimum Gasteiger partial charge on any atom is -0.451 e. The lowest BCUT2D eigenvalue weighted by Gasteiger charge is -2.56. The molecule has 1 saturated heterocycles. The van der Waals surface area contributed by atoms with E-state index in [1.807, 2.05) is 6.08 Å². The van der Waals surface area contributed by atoms with Gasteiger partial charge < -0.3 is 9.47 Å². The number of carbonyl (C=O) groups excluding carboxylic acids is 3. The van der Waals surface area contributed by atoms with Gasteiger partial charge in [0.2, 0.25) is 0 Å². The van der Waals surface area contributed by atoms with Crippen molar-refractivity contribution in [3.8, 4) is 0 Å². The van der Waals surface area contributed by atoms with Gasteiger partial charge in [-0.25, -0.2) is 0 Å². The number of alkyl halides is 1. The van der Waals surface area contributed by atoms with E-state index in [0.29, 0.717) is 25.2 Å². The molecule has 0 aromatic heterocycles. The van der Waals surface area contributed by atoms with Gasteiger partial charge in [-0.1, -0.05) is 19.4 Å². The highest BCUT2D eigenvalue weighted by molar-refractivity contribution is 6.29. The first-order chi connectivity index (χ1) is 13.6. The van der Waals surface area contributed by atoms with Crippen LogP contribution in [0.25, 0.3) is 0 Å². The van der Waals surface area contributed by atoms with Gasteiger partial charge in [0.05, 0.1) is 12.0 Å². The van der Waals surface area contributed by atoms with Crippen molar-refractivity contribution in [1.29, 1.82) is 0 Å². The fourth-order valence-corrected chi connectivity index (χ4v) is 8.26. The van der Waals surface area contributed by atoms with E-state index in [9.17, 15) is 14.4 Å². The quantitative estimate of drug-likeness (QED) is 0.395. The van der Waals surface area contributed by atoms with Crippen molar-refractivity contribution < 1.29 is 23.9 Å². The molecule has 5 aliphatic rings. The molecular weight excluding hydrogens is 392 g/mol. The highest BCUT2D eigenvalue weighted by atomic mass is 35.5. The van der Waals surface area contributed by atoms with Crippen LogP contribution in [0.5, 0.6) is 0 Å². The van der Waals surface area contributed by atoms with Crippen LogP contribution in [0.4, 0.5) is 0 Å². The van der Waals surface area contributed by atoms with Crippen molar-refractivity contribution in [2.75, 3.05) is 5.88 Å². The van der Waals surface area contributed by atoms with Crippen LogP contribution < -0.4 is 0 Å². The van der Waals surface area contributed by atoms with E-state index in [4.69, 9.17) is 21.1 Å². The van der Waals surface area contributed by atoms with Gasteiger partial charge in [-0.05, 0) is 56.4 Å². The number of ether oxygens (including phenoxy) is 2. The lowest BCUT2D eigenvalue weighted by molar-refractivity contribution is -0.184. The standard InChI is InChI=1S/C23H29ClO5/c1-13(25)28-22(18(27)12-24)9-7-16-17-5-4-14-10-15(26)6-8-20(14,2)23(17)19(29-23)11-21(16,22)3/h10,16-17,19H,4-9,11-12H2,1-3H3/t16-,17-,19-,20-,21-,22-,23-/m0/s1. The summed E-state index contributed by atoms with van der Waals surface area (Å²) in [7, 11) is 0. The minimum absolute atomic E-state index is 0.0341. The number of fused-ring (bicyclic) bond motifs is 3. The van der Waals surface area contributed by atoms with Crippen LogP contribution in [-0.2, 0) is 23.9 Å². The van der Waals surface area contributed by atoms with Crippen molar-refractivity contribution in [3.63, 3.8) is 0 Å². The molecule has 7 atom stereocenters. The van der Waals surface area contributed by atoms with E-state index in [0.717, 1.165) is 25.7 Å². The second-order valence-corrected chi connectivity index (χ2v) is 10.5. The smallest absolute Gasteiger partial charge is 0.303 e. The predicted octanol–water partition coefficient (Wildman–Crippen LogP) is 3.76. The van der Waals surface area contributed by atoms with Crippen LogP contribution >= 0.6 is 11.6 Å². The molecule has 5 rings (SSSR count). The Morgan fingerprint density at radius 3 is 2.66 bits per heavy atom. The zero-order chi connectivity index (χ0) is 20.8. The molecule has 1 spiro atoms. The van der Waals surface area contributed by atoms with Crippen molar-refractivity contribution >= 4 is 29.1 Å². The minimum atomic E-state index is -1.15. The Bertz CT molecular complexity index is 850. The monoisotopic (exact) mass is 420 g/mol. The molecule has 0 aromatic carbocycles. The average molecular weight is 421 g/mol. The van der Waals surface area contributed by atoms with E-state index in [1.165, 1.54) is 12.5 Å². The first-order valence-corrected chi connectivity index (χ1v) is 11.4. The summed E-state index contributed by atoms with van der Waals surface area (Å²) in [6, 6.07) is 0. The summed E-state index contributed by atoms with van der Waals surface area (Å²) in [5.74, 6) is 0.0198. The molecule has 0 aromatic rings. The Hall–Kier alpha value is -1.20. The van der Waals surface area contributed by atoms with Gasteiger partial charge >= 0.3 is 5.97 Å². The molecule has 158 valence electrons. The topological polar surface area (TPSA) is 73.0 Å². The molecule has 0 unspecified atom stereocenters. The second-order valence-electron chi connectivity index (χ2n) is 10.3. The number of esters is 1. The molecule has 4 aliphatic carbocycles. The summed E-state index contributed by atoms with van der Waals surface area (Å²) < 4.78 is 12.4. The summed E-state index contributed by atoms with van der Waals surface area (Å²) in [5.41, 5.74) is -0.723. The number of rotatable bonds is 3. The number of ketones is 2. The summed E-state index contributed by atoms with van der Waals surface area (Å²) in [6.45, 7) is 5.76. The van der Waals surface area contributed by atoms with Crippen LogP contribution in [0.2, 0.25) is 0 Å². The molecule has 1 aliphatic heterocycles. The summed E-state index contributed by atoms with van der Waals surface area (Å²) in [6.07, 6.45) is 7.25. The van der Waals surface area contributed by atoms with Crippen molar-refractivity contribution in [2.24, 2.45) is 22.7 Å². The van der Waals surface area contributed by atoms with Crippen molar-refractivity contribution in [3.05, 3.63) is 11.6 Å². The van der Waals surface area contributed by atoms with Crippen LogP contribution in [-0.4, -0.2) is 40.7 Å². The summed E-state index contributed by atoms with van der Waals surface area (Å²) in [4.78, 5) is 37.1. The Morgan fingerprint density at radius 2 is 1.97 bits per heavy atom. The molecule has 5 nitrogen and oxygen atoms in total. The molecule has 4 fully saturated rings. The van der Waals surface area contributed by atoms with Gasteiger partial charge in [-0.2, -0.15) is 0 Å². The first kappa shape index (κ1) is 19.7. The van der Waals surface area contributed by atoms with Crippen LogP contribution in [0.1, 0.15) is 65.7 Å². The van der Waals surface area contributed by atoms with Crippen LogP contribution in [0, 0.1) is 22.7 Å². The maximum absolute atomic E-state index is 13.0. The largest absolute Gasteiger partial charge is 0.451 e. The van der Waals surface area contributed by atoms with Crippen molar-refractivity contribution in [1.82, 2.24) is 0 Å². The van der Waals surface area contributed by atoms with Gasteiger partial charge in [0.25, 0.3) is 0 Å². The van der Waals surface area contributed by atoms with E-state index in [1.54, 1.807) is 0 Å². The SMILES string of the molecule is CC(=O)O[C@]1(C(=O)CCl)CC[C@H]2[C@@H]3CCC4=CC(=O)CC[C@]4(C)[C@]34O[C@H]4C[C@@]21C. The number of epoxide rings is 1. The molecule has 0 bridgehead atoms. The lowest BCUT2D eigenvalue weighted by Crippen LogP contribution is -2.62. The van der Waals surface area contributed by atoms with Gasteiger partial charge in [0.1, 0.15) is 5.60 Å². The maximum Gasteiger partial charge on any atom is 0.303 e. The summed E-state index contributed by atoms with van der Waals surface area (Å²) in [5, 5.41) is 0. The molecule has 1 heterocycles. The number of hydrogen-bond donors (Lipinski definition) is 0. The van der Waals surface area contributed by atoms with Gasteiger partial charge in [-0.3, -0.25) is 14.4 Å². The fourth-order valence-electron chi connectivity index (χ4n) is 8.04. The average Bonchev–Trinajstić information content (AvgIpc) is 3.31. The van der Waals surface area contributed by atoms with Crippen molar-refractivity contribution in [2.45, 2.75) is 83.0 Å². The van der Waals surface area contributed by atoms with Gasteiger partial charge in [0, 0.05) is 24.2 Å². The van der Waals surface area contributed by atoms with Gasteiger partial charge in [0.15, 0.2) is 17.2 Å². The molecular formula is C23H29ClO5. The Kier molecular flexibility index (Phi) is 4.04. The van der Waals surface area contributed by atoms with E-state index in [-0.39, 0.29) is 40.5 Å². The molecule has 0 radical (unpaired) electrons. The lowest BCUT2D eigenvalue weighted by atomic mass is 9.46. The molecule has 0 N–H and O–H groups in total. The fraction of sp³-hybridized carbons (Fsp3) is 0.783. The zero-order valence-electron chi connectivity index (χ0n) is 17.4. The zero-order valence-corrected chi connectivity index (χ0v) is 18.1. The number of carbonyl (C=O) groups is 3. The Labute approximate surface area is 176 Å². The highest BCUT2D eigenvalue weighted by Gasteiger charge is 2.82. The molecule has 0 amide bonds. The third kappa shape index (κ3) is 2.19. The Morgan fingerprint density at radius 1 is 1.21 bits per heavy atom. The number of Topliss-reactive ketones (excluding diaryl/α,β-unsaturated/α-hetero) is 1. The predicted molar refractivity (Wildman–Crippen MR) is 106 cm³/mol. The molecule has 6 heteroatoms. The van der Waals surface area contributed by atoms with Crippen LogP contribution in [0.15, 0.2) is 11.6 Å². The summed E-state index contributed by atoms with van der Waals surface area (Å²) >= 11 is 6.00. The second kappa shape index (κ2) is 5.94. The van der Waals surface area contributed by atoms with E-state index >= 15 is 0 Å². The first-order valence-electron chi connectivity index (χ1n) is 10.9. The van der Waals surface area contributed by atoms with E-state index < -0.39 is 17.0 Å². The third-order valence-corrected chi connectivity index (χ3v) is 9.59.